The van der Waals surface area contributed by atoms with Crippen LogP contribution in [0.25, 0.3) is 10.9 Å². The molecule has 0 atom stereocenters. The number of fused-ring (bicyclic) bond motifs is 1. The molecule has 0 amide bonds. The number of hydrogen-bond acceptors (Lipinski definition) is 3. The van der Waals surface area contributed by atoms with Crippen LogP contribution in [0.4, 0.5) is 11.6 Å². The number of aromatic nitrogens is 2. The molecule has 3 aromatic rings. The molecule has 0 aliphatic rings. The predicted molar refractivity (Wildman–Crippen MR) is 66.2 cm³/mol. The van der Waals surface area contributed by atoms with Crippen molar-refractivity contribution < 1.29 is 0 Å². The van der Waals surface area contributed by atoms with Crippen molar-refractivity contribution in [3.05, 3.63) is 46.4 Å². The van der Waals surface area contributed by atoms with Crippen molar-refractivity contribution in [3.8, 4) is 0 Å². The van der Waals surface area contributed by atoms with Gasteiger partial charge >= 0.3 is 98.7 Å². The predicted octanol–water partition coefficient (Wildman–Crippen LogP) is 2.43. The fourth-order valence-corrected chi connectivity index (χ4v) is 2.73. The Balaban J connectivity index is 1.99. The molecule has 0 spiro atoms. The van der Waals surface area contributed by atoms with E-state index in [4.69, 9.17) is 0 Å². The van der Waals surface area contributed by atoms with E-state index in [-0.39, 0.29) is 0 Å². The molecule has 78 valence electrons. The van der Waals surface area contributed by atoms with Gasteiger partial charge in [-0.25, -0.2) is 0 Å². The van der Waals surface area contributed by atoms with Crippen molar-refractivity contribution in [2.75, 3.05) is 5.32 Å². The van der Waals surface area contributed by atoms with E-state index in [0.29, 0.717) is 20.5 Å². The molecule has 2 heterocycles. The van der Waals surface area contributed by atoms with E-state index >= 15 is 0 Å². The SMILES string of the molecule is c1ccc2nc(Nc3cc[se]c3)ncc2c1. The molecule has 0 radical (unpaired) electrons. The van der Waals surface area contributed by atoms with Crippen LogP contribution in [0.5, 0.6) is 0 Å². The van der Waals surface area contributed by atoms with Crippen molar-refractivity contribution in [1.82, 2.24) is 9.97 Å². The summed E-state index contributed by atoms with van der Waals surface area (Å²) in [7, 11) is 0. The van der Waals surface area contributed by atoms with E-state index in [1.54, 1.807) is 0 Å². The quantitative estimate of drug-likeness (QED) is 0.729. The van der Waals surface area contributed by atoms with Crippen molar-refractivity contribution in [2.45, 2.75) is 0 Å². The third-order valence-corrected chi connectivity index (χ3v) is 3.70. The zero-order valence-electron chi connectivity index (χ0n) is 8.42. The number of nitrogens with one attached hydrogen (secondary N) is 1. The molecule has 3 rings (SSSR count). The Bertz CT molecular complexity index is 604. The molecular formula is C12H9N3Se. The van der Waals surface area contributed by atoms with E-state index in [9.17, 15) is 0 Å². The first kappa shape index (κ1) is 9.58. The van der Waals surface area contributed by atoms with Gasteiger partial charge in [0.2, 0.25) is 0 Å². The number of rotatable bonds is 2. The van der Waals surface area contributed by atoms with E-state index in [0.717, 1.165) is 16.6 Å². The number of anilines is 2. The van der Waals surface area contributed by atoms with E-state index in [2.05, 4.69) is 31.2 Å². The molecule has 3 nitrogen and oxygen atoms in total. The Hall–Kier alpha value is -1.64. The molecule has 0 unspecified atom stereocenters. The van der Waals surface area contributed by atoms with E-state index < -0.39 is 0 Å². The molecule has 4 heteroatoms. The second-order valence-corrected chi connectivity index (χ2v) is 5.03. The molecular weight excluding hydrogens is 265 g/mol. The van der Waals surface area contributed by atoms with Crippen molar-refractivity contribution in [2.24, 2.45) is 0 Å². The molecule has 0 aliphatic carbocycles. The maximum atomic E-state index is 4.45. The summed E-state index contributed by atoms with van der Waals surface area (Å²) >= 11 is 0.485. The van der Waals surface area contributed by atoms with Gasteiger partial charge in [-0.1, -0.05) is 0 Å². The van der Waals surface area contributed by atoms with Gasteiger partial charge in [-0.3, -0.25) is 0 Å². The average molecular weight is 274 g/mol. The summed E-state index contributed by atoms with van der Waals surface area (Å²) in [5.74, 6) is 0.660. The Morgan fingerprint density at radius 1 is 1.12 bits per heavy atom. The second-order valence-electron chi connectivity index (χ2n) is 3.39. The third kappa shape index (κ3) is 1.85. The van der Waals surface area contributed by atoms with Crippen LogP contribution in [0.3, 0.4) is 0 Å². The van der Waals surface area contributed by atoms with Crippen LogP contribution in [-0.4, -0.2) is 24.5 Å². The summed E-state index contributed by atoms with van der Waals surface area (Å²) < 4.78 is 0. The summed E-state index contributed by atoms with van der Waals surface area (Å²) in [5, 5.41) is 4.26. The van der Waals surface area contributed by atoms with Crippen LogP contribution in [0.2, 0.25) is 0 Å². The van der Waals surface area contributed by atoms with Crippen molar-refractivity contribution >= 4 is 37.0 Å². The molecule has 0 bridgehead atoms. The third-order valence-electron chi connectivity index (χ3n) is 2.27. The van der Waals surface area contributed by atoms with E-state index in [1.165, 1.54) is 0 Å². The number of benzene rings is 1. The van der Waals surface area contributed by atoms with Crippen LogP contribution in [0.15, 0.2) is 46.4 Å². The Labute approximate surface area is 98.9 Å². The molecule has 1 N–H and O–H groups in total. The summed E-state index contributed by atoms with van der Waals surface area (Å²) in [4.78, 5) is 13.1. The maximum absolute atomic E-state index is 4.45. The minimum atomic E-state index is 0.485. The average Bonchev–Trinajstić information content (AvgIpc) is 2.82. The summed E-state index contributed by atoms with van der Waals surface area (Å²) in [5.41, 5.74) is 2.06. The molecule has 0 aliphatic heterocycles. The first-order chi connectivity index (χ1) is 7.92. The fourth-order valence-electron chi connectivity index (χ4n) is 1.50. The van der Waals surface area contributed by atoms with Crippen LogP contribution >= 0.6 is 0 Å². The van der Waals surface area contributed by atoms with Crippen LogP contribution in [0, 0.1) is 0 Å². The normalized spacial score (nSPS) is 10.5. The van der Waals surface area contributed by atoms with Gasteiger partial charge in [0.25, 0.3) is 0 Å². The van der Waals surface area contributed by atoms with Gasteiger partial charge in [-0.05, 0) is 0 Å². The van der Waals surface area contributed by atoms with Crippen LogP contribution in [-0.2, 0) is 0 Å². The van der Waals surface area contributed by atoms with Gasteiger partial charge in [0.1, 0.15) is 0 Å². The van der Waals surface area contributed by atoms with Crippen LogP contribution < -0.4 is 5.32 Å². The number of nitrogens with zero attached hydrogens (tertiary/aromatic N) is 2. The molecule has 0 fully saturated rings. The first-order valence-electron chi connectivity index (χ1n) is 4.93. The van der Waals surface area contributed by atoms with E-state index in [1.807, 2.05) is 30.5 Å². The monoisotopic (exact) mass is 275 g/mol. The Morgan fingerprint density at radius 3 is 2.94 bits per heavy atom. The number of para-hydroxylation sites is 1. The number of hydrogen-bond donors (Lipinski definition) is 1. The zero-order valence-corrected chi connectivity index (χ0v) is 10.1. The molecule has 1 aromatic carbocycles. The summed E-state index contributed by atoms with van der Waals surface area (Å²) in [6, 6.07) is 10.0. The summed E-state index contributed by atoms with van der Waals surface area (Å²) in [6.07, 6.45) is 1.84. The van der Waals surface area contributed by atoms with Gasteiger partial charge in [0, 0.05) is 0 Å². The Morgan fingerprint density at radius 2 is 2.06 bits per heavy atom. The zero-order chi connectivity index (χ0) is 10.8. The topological polar surface area (TPSA) is 37.8 Å². The van der Waals surface area contributed by atoms with Crippen molar-refractivity contribution in [3.63, 3.8) is 0 Å². The van der Waals surface area contributed by atoms with Crippen molar-refractivity contribution in [1.29, 1.82) is 0 Å². The molecule has 0 saturated heterocycles. The second kappa shape index (κ2) is 4.08. The standard InChI is InChI=1S/C12H9N3Se/c1-2-4-11-9(3-1)7-13-12(15-11)14-10-5-6-16-8-10/h1-8H,(H,13,14,15). The van der Waals surface area contributed by atoms with Gasteiger partial charge < -0.3 is 0 Å². The van der Waals surface area contributed by atoms with Gasteiger partial charge in [-0.15, -0.1) is 0 Å². The summed E-state index contributed by atoms with van der Waals surface area (Å²) in [6.45, 7) is 0. The van der Waals surface area contributed by atoms with Gasteiger partial charge in [-0.2, -0.15) is 0 Å². The first-order valence-corrected chi connectivity index (χ1v) is 6.91. The van der Waals surface area contributed by atoms with Gasteiger partial charge in [0.05, 0.1) is 0 Å². The fraction of sp³-hybridized carbons (Fsp3) is 0. The Kier molecular flexibility index (Phi) is 2.44. The molecule has 16 heavy (non-hydrogen) atoms. The minimum absolute atomic E-state index is 0.485. The van der Waals surface area contributed by atoms with Crippen LogP contribution in [0.1, 0.15) is 0 Å². The van der Waals surface area contributed by atoms with Gasteiger partial charge in [0.15, 0.2) is 0 Å². The molecule has 2 aromatic heterocycles. The molecule has 0 saturated carbocycles.